The van der Waals surface area contributed by atoms with Crippen molar-refractivity contribution in [3.8, 4) is 0 Å². The lowest BCUT2D eigenvalue weighted by Gasteiger charge is -2.09. The Hall–Kier alpha value is -0.780. The number of rotatable bonds is 7. The number of hydrogen-bond acceptors (Lipinski definition) is 0. The van der Waals surface area contributed by atoms with Crippen molar-refractivity contribution in [1.82, 2.24) is 0 Å². The van der Waals surface area contributed by atoms with Gasteiger partial charge in [0.25, 0.3) is 0 Å². The highest BCUT2D eigenvalue weighted by Crippen LogP contribution is 2.16. The SMILES string of the molecule is CCCCCCc1ccc(CC)cc1CC. The van der Waals surface area contributed by atoms with Gasteiger partial charge in [-0.05, 0) is 42.4 Å². The van der Waals surface area contributed by atoms with E-state index in [1.807, 2.05) is 0 Å². The first kappa shape index (κ1) is 13.3. The first-order valence-electron chi connectivity index (χ1n) is 6.92. The first-order valence-corrected chi connectivity index (χ1v) is 6.92. The maximum absolute atomic E-state index is 2.40. The molecule has 0 saturated carbocycles. The fraction of sp³-hybridized carbons (Fsp3) is 0.625. The molecule has 0 aliphatic rings. The van der Waals surface area contributed by atoms with Gasteiger partial charge in [-0.15, -0.1) is 0 Å². The van der Waals surface area contributed by atoms with E-state index in [1.165, 1.54) is 44.1 Å². The van der Waals surface area contributed by atoms with Crippen LogP contribution in [0.4, 0.5) is 0 Å². The van der Waals surface area contributed by atoms with Crippen LogP contribution in [0.15, 0.2) is 18.2 Å². The lowest BCUT2D eigenvalue weighted by atomic mass is 9.96. The molecule has 0 N–H and O–H groups in total. The van der Waals surface area contributed by atoms with Crippen molar-refractivity contribution in [2.75, 3.05) is 0 Å². The van der Waals surface area contributed by atoms with Gasteiger partial charge in [0.2, 0.25) is 0 Å². The summed E-state index contributed by atoms with van der Waals surface area (Å²) in [5.41, 5.74) is 4.63. The quantitative estimate of drug-likeness (QED) is 0.569. The van der Waals surface area contributed by atoms with Crippen molar-refractivity contribution >= 4 is 0 Å². The van der Waals surface area contributed by atoms with Crippen molar-refractivity contribution in [2.24, 2.45) is 0 Å². The summed E-state index contributed by atoms with van der Waals surface area (Å²) in [6, 6.07) is 7.05. The summed E-state index contributed by atoms with van der Waals surface area (Å²) in [6.07, 6.45) is 9.05. The zero-order chi connectivity index (χ0) is 11.8. The normalized spacial score (nSPS) is 10.7. The molecule has 90 valence electrons. The van der Waals surface area contributed by atoms with Crippen LogP contribution in [-0.4, -0.2) is 0 Å². The highest BCUT2D eigenvalue weighted by atomic mass is 14.1. The van der Waals surface area contributed by atoms with Crippen molar-refractivity contribution in [1.29, 1.82) is 0 Å². The summed E-state index contributed by atoms with van der Waals surface area (Å²) in [5.74, 6) is 0. The van der Waals surface area contributed by atoms with Crippen LogP contribution < -0.4 is 0 Å². The van der Waals surface area contributed by atoms with Gasteiger partial charge in [0.1, 0.15) is 0 Å². The highest BCUT2D eigenvalue weighted by molar-refractivity contribution is 5.32. The van der Waals surface area contributed by atoms with Crippen LogP contribution in [0.2, 0.25) is 0 Å². The second-order valence-electron chi connectivity index (χ2n) is 4.62. The molecule has 1 aromatic rings. The lowest BCUT2D eigenvalue weighted by Crippen LogP contribution is -1.95. The van der Waals surface area contributed by atoms with Gasteiger partial charge in [0.05, 0.1) is 0 Å². The molecule has 0 heterocycles. The van der Waals surface area contributed by atoms with Crippen LogP contribution in [0.25, 0.3) is 0 Å². The van der Waals surface area contributed by atoms with E-state index >= 15 is 0 Å². The fourth-order valence-electron chi connectivity index (χ4n) is 2.21. The summed E-state index contributed by atoms with van der Waals surface area (Å²) in [5, 5.41) is 0. The summed E-state index contributed by atoms with van der Waals surface area (Å²) >= 11 is 0. The molecular weight excluding hydrogens is 192 g/mol. The van der Waals surface area contributed by atoms with Gasteiger partial charge < -0.3 is 0 Å². The zero-order valence-corrected chi connectivity index (χ0v) is 11.2. The van der Waals surface area contributed by atoms with Crippen molar-refractivity contribution in [2.45, 2.75) is 65.7 Å². The maximum atomic E-state index is 2.40. The number of unbranched alkanes of at least 4 members (excludes halogenated alkanes) is 3. The molecule has 0 atom stereocenters. The lowest BCUT2D eigenvalue weighted by molar-refractivity contribution is 0.664. The van der Waals surface area contributed by atoms with Crippen LogP contribution >= 0.6 is 0 Å². The topological polar surface area (TPSA) is 0 Å². The molecule has 0 bridgehead atoms. The van der Waals surface area contributed by atoms with E-state index in [0.29, 0.717) is 0 Å². The minimum Gasteiger partial charge on any atom is -0.0654 e. The second-order valence-corrected chi connectivity index (χ2v) is 4.62. The Balaban J connectivity index is 2.57. The van der Waals surface area contributed by atoms with E-state index in [1.54, 1.807) is 11.1 Å². The molecule has 0 heteroatoms. The van der Waals surface area contributed by atoms with E-state index in [9.17, 15) is 0 Å². The van der Waals surface area contributed by atoms with E-state index in [0.717, 1.165) is 6.42 Å². The molecule has 0 fully saturated rings. The molecule has 0 saturated heterocycles. The molecule has 0 aliphatic carbocycles. The predicted octanol–water partition coefficient (Wildman–Crippen LogP) is 4.93. The molecule has 0 amide bonds. The summed E-state index contributed by atoms with van der Waals surface area (Å²) in [6.45, 7) is 6.77. The van der Waals surface area contributed by atoms with E-state index in [4.69, 9.17) is 0 Å². The second kappa shape index (κ2) is 7.49. The third-order valence-electron chi connectivity index (χ3n) is 3.36. The monoisotopic (exact) mass is 218 g/mol. The predicted molar refractivity (Wildman–Crippen MR) is 73.0 cm³/mol. The molecular formula is C16H26. The molecule has 1 rings (SSSR count). The highest BCUT2D eigenvalue weighted by Gasteiger charge is 2.01. The van der Waals surface area contributed by atoms with Crippen LogP contribution in [0.5, 0.6) is 0 Å². The van der Waals surface area contributed by atoms with Gasteiger partial charge in [0.15, 0.2) is 0 Å². The number of benzene rings is 1. The van der Waals surface area contributed by atoms with Crippen LogP contribution in [0.3, 0.4) is 0 Å². The summed E-state index contributed by atoms with van der Waals surface area (Å²) in [4.78, 5) is 0. The largest absolute Gasteiger partial charge is 0.0654 e. The van der Waals surface area contributed by atoms with Gasteiger partial charge in [0, 0.05) is 0 Å². The number of hydrogen-bond donors (Lipinski definition) is 0. The fourth-order valence-corrected chi connectivity index (χ4v) is 2.21. The molecule has 0 aromatic heterocycles. The average molecular weight is 218 g/mol. The molecule has 16 heavy (non-hydrogen) atoms. The Labute approximate surface area is 101 Å². The van der Waals surface area contributed by atoms with E-state index < -0.39 is 0 Å². The third-order valence-corrected chi connectivity index (χ3v) is 3.36. The van der Waals surface area contributed by atoms with Crippen LogP contribution in [0, 0.1) is 0 Å². The van der Waals surface area contributed by atoms with Gasteiger partial charge in [-0.3, -0.25) is 0 Å². The van der Waals surface area contributed by atoms with Gasteiger partial charge in [-0.25, -0.2) is 0 Å². The first-order chi connectivity index (χ1) is 7.81. The van der Waals surface area contributed by atoms with Crippen LogP contribution in [0.1, 0.15) is 63.1 Å². The average Bonchev–Trinajstić information content (AvgIpc) is 2.34. The van der Waals surface area contributed by atoms with Crippen LogP contribution in [-0.2, 0) is 19.3 Å². The Morgan fingerprint density at radius 1 is 0.812 bits per heavy atom. The summed E-state index contributed by atoms with van der Waals surface area (Å²) < 4.78 is 0. The van der Waals surface area contributed by atoms with E-state index in [-0.39, 0.29) is 0 Å². The van der Waals surface area contributed by atoms with Gasteiger partial charge >= 0.3 is 0 Å². The molecule has 0 spiro atoms. The molecule has 0 nitrogen and oxygen atoms in total. The molecule has 1 aromatic carbocycles. The Morgan fingerprint density at radius 2 is 1.62 bits per heavy atom. The van der Waals surface area contributed by atoms with Gasteiger partial charge in [-0.2, -0.15) is 0 Å². The Morgan fingerprint density at radius 3 is 2.25 bits per heavy atom. The maximum Gasteiger partial charge on any atom is -0.0276 e. The van der Waals surface area contributed by atoms with Crippen molar-refractivity contribution in [3.63, 3.8) is 0 Å². The molecule has 0 unspecified atom stereocenters. The molecule has 0 radical (unpaired) electrons. The van der Waals surface area contributed by atoms with E-state index in [2.05, 4.69) is 39.0 Å². The summed E-state index contributed by atoms with van der Waals surface area (Å²) in [7, 11) is 0. The van der Waals surface area contributed by atoms with Crippen molar-refractivity contribution in [3.05, 3.63) is 34.9 Å². The third kappa shape index (κ3) is 4.00. The Bertz CT molecular complexity index is 299. The minimum absolute atomic E-state index is 1.16. The van der Waals surface area contributed by atoms with Gasteiger partial charge in [-0.1, -0.05) is 58.2 Å². The molecule has 0 aliphatic heterocycles. The zero-order valence-electron chi connectivity index (χ0n) is 11.2. The van der Waals surface area contributed by atoms with Crippen molar-refractivity contribution < 1.29 is 0 Å². The number of aryl methyl sites for hydroxylation is 3. The minimum atomic E-state index is 1.16. The standard InChI is InChI=1S/C16H26/c1-4-7-8-9-10-16-12-11-14(5-2)13-15(16)6-3/h11-13H,4-10H2,1-3H3. The Kier molecular flexibility index (Phi) is 6.22. The smallest absolute Gasteiger partial charge is 0.0276 e.